The first-order valence-corrected chi connectivity index (χ1v) is 6.46. The summed E-state index contributed by atoms with van der Waals surface area (Å²) in [7, 11) is 1.30. The maximum atomic E-state index is 12.2. The maximum absolute atomic E-state index is 12.2. The van der Waals surface area contributed by atoms with E-state index < -0.39 is 12.0 Å². The minimum atomic E-state index is -0.676. The Morgan fingerprint density at radius 1 is 1.40 bits per heavy atom. The minimum Gasteiger partial charge on any atom is -0.467 e. The van der Waals surface area contributed by atoms with E-state index in [1.165, 1.54) is 12.0 Å². The molecule has 2 rings (SSSR count). The molecule has 0 aliphatic carbocycles. The third-order valence-corrected chi connectivity index (χ3v) is 3.15. The molecule has 1 saturated heterocycles. The number of ether oxygens (including phenoxy) is 2. The average molecular weight is 278 g/mol. The van der Waals surface area contributed by atoms with Crippen molar-refractivity contribution < 1.29 is 19.1 Å². The second-order valence-electron chi connectivity index (χ2n) is 4.45. The highest BCUT2D eigenvalue weighted by Gasteiger charge is 2.33. The molecule has 0 radical (unpaired) electrons. The molecule has 2 amide bonds. The molecule has 1 aromatic carbocycles. The average Bonchev–Trinajstić information content (AvgIpc) is 2.52. The largest absolute Gasteiger partial charge is 0.467 e. The summed E-state index contributed by atoms with van der Waals surface area (Å²) in [6.07, 6.45) is 0. The predicted molar refractivity (Wildman–Crippen MR) is 72.0 cm³/mol. The number of morpholine rings is 1. The lowest BCUT2D eigenvalue weighted by atomic mass is 10.2. The number of carbonyl (C=O) groups is 2. The van der Waals surface area contributed by atoms with Gasteiger partial charge < -0.3 is 19.7 Å². The van der Waals surface area contributed by atoms with Gasteiger partial charge in [-0.15, -0.1) is 0 Å². The second-order valence-corrected chi connectivity index (χ2v) is 4.45. The summed E-state index contributed by atoms with van der Waals surface area (Å²) in [4.78, 5) is 25.2. The van der Waals surface area contributed by atoms with Crippen LogP contribution in [-0.2, 0) is 20.8 Å². The molecule has 1 aliphatic rings. The number of benzene rings is 1. The van der Waals surface area contributed by atoms with Gasteiger partial charge in [0.2, 0.25) is 0 Å². The van der Waals surface area contributed by atoms with Crippen LogP contribution in [0.5, 0.6) is 0 Å². The van der Waals surface area contributed by atoms with Crippen molar-refractivity contribution in [2.24, 2.45) is 0 Å². The molecule has 0 aromatic heterocycles. The zero-order valence-corrected chi connectivity index (χ0v) is 11.4. The van der Waals surface area contributed by atoms with Crippen LogP contribution in [0.1, 0.15) is 5.56 Å². The molecule has 1 unspecified atom stereocenters. The van der Waals surface area contributed by atoms with Gasteiger partial charge in [-0.05, 0) is 5.56 Å². The van der Waals surface area contributed by atoms with E-state index in [2.05, 4.69) is 5.32 Å². The monoisotopic (exact) mass is 278 g/mol. The topological polar surface area (TPSA) is 67.9 Å². The molecule has 6 nitrogen and oxygen atoms in total. The van der Waals surface area contributed by atoms with Gasteiger partial charge in [-0.1, -0.05) is 30.3 Å². The summed E-state index contributed by atoms with van der Waals surface area (Å²) in [6, 6.07) is 8.63. The van der Waals surface area contributed by atoms with Crippen molar-refractivity contribution >= 4 is 12.0 Å². The molecule has 108 valence electrons. The lowest BCUT2D eigenvalue weighted by Gasteiger charge is -2.33. The van der Waals surface area contributed by atoms with E-state index in [1.54, 1.807) is 0 Å². The van der Waals surface area contributed by atoms with Crippen LogP contribution in [0, 0.1) is 0 Å². The van der Waals surface area contributed by atoms with Crippen LogP contribution in [0.15, 0.2) is 30.3 Å². The summed E-state index contributed by atoms with van der Waals surface area (Å²) in [5, 5.41) is 2.80. The molecule has 1 fully saturated rings. The Bertz CT molecular complexity index is 464. The first kappa shape index (κ1) is 14.3. The summed E-state index contributed by atoms with van der Waals surface area (Å²) in [5.41, 5.74) is 1.00. The number of hydrogen-bond acceptors (Lipinski definition) is 4. The van der Waals surface area contributed by atoms with Crippen molar-refractivity contribution in [2.75, 3.05) is 26.9 Å². The van der Waals surface area contributed by atoms with E-state index in [4.69, 9.17) is 9.47 Å². The third kappa shape index (κ3) is 3.48. The van der Waals surface area contributed by atoms with Crippen LogP contribution in [-0.4, -0.2) is 49.8 Å². The summed E-state index contributed by atoms with van der Waals surface area (Å²) < 4.78 is 9.92. The zero-order chi connectivity index (χ0) is 14.4. The molecule has 0 spiro atoms. The van der Waals surface area contributed by atoms with Crippen LogP contribution in [0.25, 0.3) is 0 Å². The van der Waals surface area contributed by atoms with Gasteiger partial charge >= 0.3 is 12.0 Å². The fourth-order valence-corrected chi connectivity index (χ4v) is 2.05. The predicted octanol–water partition coefficient (Wildman–Crippen LogP) is 0.770. The molecule has 1 heterocycles. The van der Waals surface area contributed by atoms with E-state index in [-0.39, 0.29) is 12.6 Å². The normalized spacial score (nSPS) is 18.4. The van der Waals surface area contributed by atoms with Gasteiger partial charge in [0.05, 0.1) is 20.3 Å². The molecule has 1 atom stereocenters. The van der Waals surface area contributed by atoms with E-state index >= 15 is 0 Å². The molecule has 20 heavy (non-hydrogen) atoms. The van der Waals surface area contributed by atoms with Crippen LogP contribution in [0.2, 0.25) is 0 Å². The van der Waals surface area contributed by atoms with Crippen molar-refractivity contribution in [1.82, 2.24) is 10.2 Å². The number of nitrogens with one attached hydrogen (secondary N) is 1. The van der Waals surface area contributed by atoms with Gasteiger partial charge in [0, 0.05) is 13.1 Å². The summed E-state index contributed by atoms with van der Waals surface area (Å²) in [6.45, 7) is 1.39. The highest BCUT2D eigenvalue weighted by atomic mass is 16.5. The van der Waals surface area contributed by atoms with Gasteiger partial charge in [0.25, 0.3) is 0 Å². The Balaban J connectivity index is 1.94. The number of carbonyl (C=O) groups excluding carboxylic acids is 2. The number of methoxy groups -OCH3 is 1. The third-order valence-electron chi connectivity index (χ3n) is 3.15. The van der Waals surface area contributed by atoms with Gasteiger partial charge in [-0.3, -0.25) is 0 Å². The fraction of sp³-hybridized carbons (Fsp3) is 0.429. The Hall–Kier alpha value is -2.08. The molecular formula is C14H18N2O4. The number of urea groups is 1. The van der Waals surface area contributed by atoms with Crippen LogP contribution >= 0.6 is 0 Å². The van der Waals surface area contributed by atoms with Crippen molar-refractivity contribution in [2.45, 2.75) is 12.6 Å². The van der Waals surface area contributed by atoms with Crippen molar-refractivity contribution in [3.63, 3.8) is 0 Å². The highest BCUT2D eigenvalue weighted by Crippen LogP contribution is 2.09. The minimum absolute atomic E-state index is 0.172. The zero-order valence-electron chi connectivity index (χ0n) is 11.4. The highest BCUT2D eigenvalue weighted by molar-refractivity contribution is 5.84. The van der Waals surface area contributed by atoms with Crippen molar-refractivity contribution in [3.8, 4) is 0 Å². The summed E-state index contributed by atoms with van der Waals surface area (Å²) >= 11 is 0. The van der Waals surface area contributed by atoms with Crippen LogP contribution in [0.4, 0.5) is 4.79 Å². The number of amides is 2. The quantitative estimate of drug-likeness (QED) is 0.829. The smallest absolute Gasteiger partial charge is 0.331 e. The first-order valence-electron chi connectivity index (χ1n) is 6.46. The number of esters is 1. The van der Waals surface area contributed by atoms with Crippen molar-refractivity contribution in [3.05, 3.63) is 35.9 Å². The Morgan fingerprint density at radius 3 is 2.85 bits per heavy atom. The number of hydrogen-bond donors (Lipinski definition) is 1. The Morgan fingerprint density at radius 2 is 2.15 bits per heavy atom. The van der Waals surface area contributed by atoms with E-state index in [9.17, 15) is 9.59 Å². The van der Waals surface area contributed by atoms with Crippen LogP contribution < -0.4 is 5.32 Å². The first-order chi connectivity index (χ1) is 9.72. The molecular weight excluding hydrogens is 260 g/mol. The fourth-order valence-electron chi connectivity index (χ4n) is 2.05. The van der Waals surface area contributed by atoms with Crippen LogP contribution in [0.3, 0.4) is 0 Å². The SMILES string of the molecule is COC(=O)C1COCCN1C(=O)NCc1ccccc1. The standard InChI is InChI=1S/C14H18N2O4/c1-19-13(17)12-10-20-8-7-16(12)14(18)15-9-11-5-3-2-4-6-11/h2-6,12H,7-10H2,1H3,(H,15,18). The van der Waals surface area contributed by atoms with E-state index in [0.29, 0.717) is 19.7 Å². The maximum Gasteiger partial charge on any atom is 0.331 e. The molecule has 0 saturated carbocycles. The number of nitrogens with zero attached hydrogens (tertiary/aromatic N) is 1. The molecule has 1 N–H and O–H groups in total. The summed E-state index contributed by atoms with van der Waals surface area (Å²) in [5.74, 6) is -0.459. The molecule has 1 aliphatic heterocycles. The van der Waals surface area contributed by atoms with Gasteiger partial charge in [0.15, 0.2) is 6.04 Å². The van der Waals surface area contributed by atoms with Gasteiger partial charge in [-0.25, -0.2) is 9.59 Å². The molecule has 0 bridgehead atoms. The Kier molecular flexibility index (Phi) is 4.95. The lowest BCUT2D eigenvalue weighted by molar-refractivity contribution is -0.151. The molecule has 1 aromatic rings. The van der Waals surface area contributed by atoms with Crippen molar-refractivity contribution in [1.29, 1.82) is 0 Å². The Labute approximate surface area is 117 Å². The number of rotatable bonds is 3. The van der Waals surface area contributed by atoms with E-state index in [0.717, 1.165) is 5.56 Å². The molecule has 6 heteroatoms. The lowest BCUT2D eigenvalue weighted by Crippen LogP contribution is -2.55. The second kappa shape index (κ2) is 6.91. The van der Waals surface area contributed by atoms with Gasteiger partial charge in [0.1, 0.15) is 0 Å². The van der Waals surface area contributed by atoms with E-state index in [1.807, 2.05) is 30.3 Å². The van der Waals surface area contributed by atoms with Gasteiger partial charge in [-0.2, -0.15) is 0 Å².